The van der Waals surface area contributed by atoms with Crippen molar-refractivity contribution in [3.05, 3.63) is 95.5 Å². The number of benzene rings is 2. The number of anilines is 2. The topological polar surface area (TPSA) is 99.6 Å². The Kier molecular flexibility index (Phi) is 6.22. The molecule has 0 aliphatic carbocycles. The molecule has 3 aromatic heterocycles. The Labute approximate surface area is 212 Å². The number of nitrogens with zero attached hydrogens (tertiary/aromatic N) is 6. The number of nitrogens with one attached hydrogen (secondary N) is 1. The molecule has 0 aliphatic rings. The Morgan fingerprint density at radius 3 is 2.56 bits per heavy atom. The largest absolute Gasteiger partial charge is 0.355 e. The van der Waals surface area contributed by atoms with Crippen LogP contribution in [0.1, 0.15) is 10.6 Å². The Balaban J connectivity index is 1.65. The molecular weight excluding hydrogens is 563 g/mol. The third kappa shape index (κ3) is 4.56. The summed E-state index contributed by atoms with van der Waals surface area (Å²) in [5.74, 6) is -3.90. The minimum atomic E-state index is -1.36. The van der Waals surface area contributed by atoms with Crippen molar-refractivity contribution in [2.45, 2.75) is 13.1 Å². The molecule has 3 heterocycles. The first kappa shape index (κ1) is 23.9. The van der Waals surface area contributed by atoms with Crippen LogP contribution in [0, 0.1) is 17.5 Å². The zero-order valence-corrected chi connectivity index (χ0v) is 20.8. The summed E-state index contributed by atoms with van der Waals surface area (Å²) in [6.45, 7) is -0.684. The molecule has 0 atom stereocenters. The lowest BCUT2D eigenvalue weighted by molar-refractivity contribution is 0.485. The lowest BCUT2D eigenvalue weighted by Crippen LogP contribution is -2.43. The summed E-state index contributed by atoms with van der Waals surface area (Å²) in [5.41, 5.74) is -0.863. The van der Waals surface area contributed by atoms with E-state index >= 15 is 0 Å². The van der Waals surface area contributed by atoms with Crippen molar-refractivity contribution >= 4 is 49.8 Å². The molecule has 0 amide bonds. The van der Waals surface area contributed by atoms with E-state index in [1.54, 1.807) is 35.4 Å². The summed E-state index contributed by atoms with van der Waals surface area (Å²) in [5, 5.41) is 10.2. The molecule has 184 valence electrons. The van der Waals surface area contributed by atoms with Crippen molar-refractivity contribution in [3.8, 4) is 0 Å². The minimum Gasteiger partial charge on any atom is -0.324 e. The van der Waals surface area contributed by atoms with E-state index in [0.29, 0.717) is 32.8 Å². The first-order valence-corrected chi connectivity index (χ1v) is 12.0. The van der Waals surface area contributed by atoms with Crippen LogP contribution in [-0.2, 0) is 20.1 Å². The highest BCUT2D eigenvalue weighted by atomic mass is 79.9. The summed E-state index contributed by atoms with van der Waals surface area (Å²) in [6.07, 6.45) is 3.30. The number of thiazole rings is 1. The molecule has 0 aliphatic heterocycles. The average molecular weight is 578 g/mol. The van der Waals surface area contributed by atoms with Gasteiger partial charge >= 0.3 is 11.4 Å². The molecule has 0 saturated carbocycles. The number of rotatable bonds is 6. The van der Waals surface area contributed by atoms with Gasteiger partial charge in [-0.3, -0.25) is 9.25 Å². The Morgan fingerprint density at radius 2 is 1.81 bits per heavy atom. The molecule has 36 heavy (non-hydrogen) atoms. The Hall–Kier alpha value is -3.78. The predicted molar refractivity (Wildman–Crippen MR) is 131 cm³/mol. The van der Waals surface area contributed by atoms with Crippen LogP contribution in [0.4, 0.5) is 24.8 Å². The number of aromatic nitrogens is 6. The second-order valence-corrected chi connectivity index (χ2v) is 9.61. The maximum absolute atomic E-state index is 14.5. The molecule has 0 spiro atoms. The van der Waals surface area contributed by atoms with Crippen molar-refractivity contribution in [3.63, 3.8) is 0 Å². The van der Waals surface area contributed by atoms with Gasteiger partial charge in [0.05, 0.1) is 24.3 Å². The van der Waals surface area contributed by atoms with Crippen molar-refractivity contribution in [1.82, 2.24) is 28.9 Å². The highest BCUT2D eigenvalue weighted by molar-refractivity contribution is 9.10. The van der Waals surface area contributed by atoms with Gasteiger partial charge in [-0.25, -0.2) is 32.3 Å². The van der Waals surface area contributed by atoms with E-state index in [1.165, 1.54) is 17.5 Å². The summed E-state index contributed by atoms with van der Waals surface area (Å²) < 4.78 is 45.8. The van der Waals surface area contributed by atoms with E-state index in [9.17, 15) is 22.8 Å². The van der Waals surface area contributed by atoms with Crippen LogP contribution < -0.4 is 16.7 Å². The molecule has 0 fully saturated rings. The molecule has 5 aromatic rings. The van der Waals surface area contributed by atoms with Crippen LogP contribution in [0.3, 0.4) is 0 Å². The monoisotopic (exact) mass is 577 g/mol. The van der Waals surface area contributed by atoms with Gasteiger partial charge in [-0.2, -0.15) is 10.1 Å². The lowest BCUT2D eigenvalue weighted by atomic mass is 10.2. The average Bonchev–Trinajstić information content (AvgIpc) is 3.46. The number of hydrogen-bond donors (Lipinski definition) is 1. The van der Waals surface area contributed by atoms with Gasteiger partial charge in [0.15, 0.2) is 11.6 Å². The standard InChI is InChI=1S/C22H15BrF3N7O2S/c1-31-8-12-5-18(13(23)6-17(12)30-31)28-20-29-21(34)33(10-19-27-2-3-36-19)22(35)32(20)9-11-4-15(25)16(26)7-14(11)24/h2-8H,9-10H2,1H3,(H,28,29,34). The van der Waals surface area contributed by atoms with E-state index in [2.05, 4.69) is 36.3 Å². The first-order chi connectivity index (χ1) is 17.2. The number of hydrogen-bond acceptors (Lipinski definition) is 7. The summed E-state index contributed by atoms with van der Waals surface area (Å²) in [7, 11) is 1.76. The van der Waals surface area contributed by atoms with E-state index in [4.69, 9.17) is 0 Å². The van der Waals surface area contributed by atoms with E-state index in [-0.39, 0.29) is 18.1 Å². The van der Waals surface area contributed by atoms with Crippen molar-refractivity contribution in [2.24, 2.45) is 7.05 Å². The summed E-state index contributed by atoms with van der Waals surface area (Å²) in [4.78, 5) is 34.3. The van der Waals surface area contributed by atoms with Gasteiger partial charge in [0.25, 0.3) is 0 Å². The zero-order valence-electron chi connectivity index (χ0n) is 18.4. The van der Waals surface area contributed by atoms with Gasteiger partial charge < -0.3 is 5.32 Å². The van der Waals surface area contributed by atoms with Crippen LogP contribution >= 0.6 is 27.3 Å². The Bertz CT molecular complexity index is 1730. The highest BCUT2D eigenvalue weighted by Crippen LogP contribution is 2.30. The van der Waals surface area contributed by atoms with Crippen LogP contribution in [0.15, 0.2) is 56.1 Å². The fraction of sp³-hybridized carbons (Fsp3) is 0.136. The summed E-state index contributed by atoms with van der Waals surface area (Å²) in [6, 6.07) is 4.52. The maximum atomic E-state index is 14.5. The van der Waals surface area contributed by atoms with Crippen molar-refractivity contribution in [1.29, 1.82) is 0 Å². The van der Waals surface area contributed by atoms with E-state index in [0.717, 1.165) is 14.5 Å². The third-order valence-corrected chi connectivity index (χ3v) is 6.72. The fourth-order valence-electron chi connectivity index (χ4n) is 3.61. The number of aryl methyl sites for hydroxylation is 1. The summed E-state index contributed by atoms with van der Waals surface area (Å²) >= 11 is 4.66. The van der Waals surface area contributed by atoms with Crippen LogP contribution in [-0.4, -0.2) is 28.9 Å². The third-order valence-electron chi connectivity index (χ3n) is 5.30. The van der Waals surface area contributed by atoms with E-state index in [1.807, 2.05) is 0 Å². The molecule has 0 radical (unpaired) electrons. The van der Waals surface area contributed by atoms with Gasteiger partial charge in [-0.15, -0.1) is 11.3 Å². The first-order valence-electron chi connectivity index (χ1n) is 10.3. The van der Waals surface area contributed by atoms with Gasteiger partial charge in [-0.1, -0.05) is 0 Å². The molecule has 5 rings (SSSR count). The normalized spacial score (nSPS) is 11.4. The van der Waals surface area contributed by atoms with Gasteiger partial charge in [0.1, 0.15) is 10.8 Å². The molecule has 0 unspecified atom stereocenters. The minimum absolute atomic E-state index is 0.159. The van der Waals surface area contributed by atoms with Crippen LogP contribution in [0.2, 0.25) is 0 Å². The quantitative estimate of drug-likeness (QED) is 0.308. The van der Waals surface area contributed by atoms with Gasteiger partial charge in [0.2, 0.25) is 5.95 Å². The second-order valence-electron chi connectivity index (χ2n) is 7.78. The molecule has 9 nitrogen and oxygen atoms in total. The predicted octanol–water partition coefficient (Wildman–Crippen LogP) is 3.77. The second kappa shape index (κ2) is 9.35. The SMILES string of the molecule is Cn1cc2cc(Nc3nc(=O)n(Cc4nccs4)c(=O)n3Cc3cc(F)c(F)cc3F)c(Br)cc2n1. The molecule has 1 N–H and O–H groups in total. The van der Waals surface area contributed by atoms with Crippen molar-refractivity contribution in [2.75, 3.05) is 5.32 Å². The molecule has 14 heteroatoms. The maximum Gasteiger partial charge on any atom is 0.355 e. The number of halogens is 4. The molecule has 0 saturated heterocycles. The lowest BCUT2D eigenvalue weighted by Gasteiger charge is -2.16. The highest BCUT2D eigenvalue weighted by Gasteiger charge is 2.19. The van der Waals surface area contributed by atoms with Gasteiger partial charge in [0, 0.05) is 46.3 Å². The Morgan fingerprint density at radius 1 is 1.03 bits per heavy atom. The zero-order chi connectivity index (χ0) is 25.6. The number of fused-ring (bicyclic) bond motifs is 1. The molecular formula is C22H15BrF3N7O2S. The van der Waals surface area contributed by atoms with Crippen LogP contribution in [0.25, 0.3) is 10.9 Å². The van der Waals surface area contributed by atoms with Crippen LogP contribution in [0.5, 0.6) is 0 Å². The molecule has 2 aromatic carbocycles. The smallest absolute Gasteiger partial charge is 0.324 e. The van der Waals surface area contributed by atoms with E-state index < -0.39 is 35.4 Å². The van der Waals surface area contributed by atoms with Crippen molar-refractivity contribution < 1.29 is 13.2 Å². The fourth-order valence-corrected chi connectivity index (χ4v) is 4.64. The van der Waals surface area contributed by atoms with Gasteiger partial charge in [-0.05, 0) is 34.1 Å². The molecule has 0 bridgehead atoms.